The fourth-order valence-electron chi connectivity index (χ4n) is 2.25. The van der Waals surface area contributed by atoms with Gasteiger partial charge >= 0.3 is 6.09 Å². The lowest BCUT2D eigenvalue weighted by atomic mass is 9.93. The minimum atomic E-state index is -0.479. The Hall–Kier alpha value is -0.840. The highest BCUT2D eigenvalue weighted by Gasteiger charge is 2.37. The van der Waals surface area contributed by atoms with Crippen LogP contribution in [0.3, 0.4) is 0 Å². The average Bonchev–Trinajstić information content (AvgIpc) is 2.47. The predicted molar refractivity (Wildman–Crippen MR) is 72.0 cm³/mol. The molecule has 0 unspecified atom stereocenters. The van der Waals surface area contributed by atoms with Crippen molar-refractivity contribution < 1.29 is 9.53 Å². The summed E-state index contributed by atoms with van der Waals surface area (Å²) in [7, 11) is 0. The lowest BCUT2D eigenvalue weighted by molar-refractivity contribution is 0.0460. The molecular weight excluding hydrogens is 236 g/mol. The maximum absolute atomic E-state index is 11.8. The number of amides is 1. The third-order valence-corrected chi connectivity index (χ3v) is 2.98. The number of rotatable bonds is 3. The van der Waals surface area contributed by atoms with Gasteiger partial charge in [-0.05, 0) is 33.6 Å². The molecule has 1 saturated carbocycles. The number of ether oxygens (including phenoxy) is 1. The van der Waals surface area contributed by atoms with Crippen molar-refractivity contribution in [2.24, 2.45) is 5.73 Å². The van der Waals surface area contributed by atoms with Gasteiger partial charge in [0, 0.05) is 12.0 Å². The molecule has 0 aromatic heterocycles. The van der Waals surface area contributed by atoms with Gasteiger partial charge in [-0.3, -0.25) is 0 Å². The lowest BCUT2D eigenvalue weighted by Gasteiger charge is -2.31. The molecule has 98 valence electrons. The second-order valence-corrected chi connectivity index (χ2v) is 6.28. The number of hydrogen-bond donors (Lipinski definition) is 2. The molecule has 0 heterocycles. The van der Waals surface area contributed by atoms with Crippen LogP contribution in [0.5, 0.6) is 0 Å². The van der Waals surface area contributed by atoms with Gasteiger partial charge in [-0.15, -0.1) is 0 Å². The lowest BCUT2D eigenvalue weighted by Crippen LogP contribution is -2.50. The Morgan fingerprint density at radius 3 is 2.35 bits per heavy atom. The molecular formula is C12H22N2O2S. The fraction of sp³-hybridized carbons (Fsp3) is 0.833. The Balaban J connectivity index is 2.61. The van der Waals surface area contributed by atoms with Gasteiger partial charge < -0.3 is 15.8 Å². The zero-order valence-corrected chi connectivity index (χ0v) is 11.7. The van der Waals surface area contributed by atoms with Crippen molar-refractivity contribution in [3.05, 3.63) is 0 Å². The van der Waals surface area contributed by atoms with E-state index in [1.54, 1.807) is 0 Å². The van der Waals surface area contributed by atoms with Gasteiger partial charge in [0.2, 0.25) is 0 Å². The van der Waals surface area contributed by atoms with Crippen LogP contribution in [0.1, 0.15) is 52.9 Å². The highest BCUT2D eigenvalue weighted by Crippen LogP contribution is 2.32. The largest absolute Gasteiger partial charge is 0.444 e. The molecule has 1 rings (SSSR count). The van der Waals surface area contributed by atoms with Crippen LogP contribution in [0, 0.1) is 0 Å². The van der Waals surface area contributed by atoms with Gasteiger partial charge in [0.05, 0.1) is 4.99 Å². The minimum absolute atomic E-state index is 0.284. The van der Waals surface area contributed by atoms with Crippen molar-refractivity contribution in [1.29, 1.82) is 0 Å². The van der Waals surface area contributed by atoms with Crippen LogP contribution in [0.25, 0.3) is 0 Å². The van der Waals surface area contributed by atoms with Crippen molar-refractivity contribution in [3.63, 3.8) is 0 Å². The van der Waals surface area contributed by atoms with E-state index in [4.69, 9.17) is 22.7 Å². The van der Waals surface area contributed by atoms with E-state index in [1.807, 2.05) is 20.8 Å². The zero-order chi connectivity index (χ0) is 13.1. The van der Waals surface area contributed by atoms with E-state index in [9.17, 15) is 4.79 Å². The van der Waals surface area contributed by atoms with Crippen molar-refractivity contribution in [1.82, 2.24) is 5.32 Å². The van der Waals surface area contributed by atoms with Gasteiger partial charge in [0.25, 0.3) is 0 Å². The summed E-state index contributed by atoms with van der Waals surface area (Å²) >= 11 is 4.95. The van der Waals surface area contributed by atoms with Gasteiger partial charge in [-0.1, -0.05) is 25.1 Å². The molecule has 4 nitrogen and oxygen atoms in total. The first-order chi connectivity index (χ1) is 7.72. The topological polar surface area (TPSA) is 64.3 Å². The predicted octanol–water partition coefficient (Wildman–Crippen LogP) is 2.50. The van der Waals surface area contributed by atoms with Crippen LogP contribution in [0.2, 0.25) is 0 Å². The zero-order valence-electron chi connectivity index (χ0n) is 10.8. The van der Waals surface area contributed by atoms with Crippen molar-refractivity contribution >= 4 is 23.3 Å². The monoisotopic (exact) mass is 258 g/mol. The van der Waals surface area contributed by atoms with Crippen LogP contribution in [-0.2, 0) is 4.74 Å². The summed E-state index contributed by atoms with van der Waals surface area (Å²) in [5.74, 6) is 0. The summed E-state index contributed by atoms with van der Waals surface area (Å²) in [5.41, 5.74) is 4.84. The maximum atomic E-state index is 11.8. The minimum Gasteiger partial charge on any atom is -0.444 e. The molecule has 1 aliphatic rings. The molecule has 17 heavy (non-hydrogen) atoms. The fourth-order valence-corrected chi connectivity index (χ4v) is 2.53. The molecule has 1 amide bonds. The van der Waals surface area contributed by atoms with E-state index < -0.39 is 5.60 Å². The Morgan fingerprint density at radius 2 is 1.94 bits per heavy atom. The summed E-state index contributed by atoms with van der Waals surface area (Å²) in [4.78, 5) is 12.2. The van der Waals surface area contributed by atoms with Gasteiger partial charge in [-0.25, -0.2) is 4.79 Å². The first kappa shape index (κ1) is 14.2. The number of hydrogen-bond acceptors (Lipinski definition) is 3. The summed E-state index contributed by atoms with van der Waals surface area (Å²) in [5, 5.41) is 2.95. The molecule has 3 N–H and O–H groups in total. The van der Waals surface area contributed by atoms with Crippen LogP contribution >= 0.6 is 12.2 Å². The van der Waals surface area contributed by atoms with E-state index in [2.05, 4.69) is 5.32 Å². The molecule has 0 spiro atoms. The second-order valence-electron chi connectivity index (χ2n) is 5.76. The third kappa shape index (κ3) is 4.89. The highest BCUT2D eigenvalue weighted by molar-refractivity contribution is 7.80. The SMILES string of the molecule is CC(C)(C)OC(=O)NC1(CC(N)=S)CCCC1. The summed E-state index contributed by atoms with van der Waals surface area (Å²) in [6.07, 6.45) is 4.21. The molecule has 0 saturated heterocycles. The normalized spacial score (nSPS) is 18.8. The number of nitrogens with two attached hydrogens (primary N) is 1. The van der Waals surface area contributed by atoms with E-state index in [0.29, 0.717) is 11.4 Å². The van der Waals surface area contributed by atoms with Crippen LogP contribution in [0.4, 0.5) is 4.79 Å². The number of nitrogens with one attached hydrogen (secondary N) is 1. The summed E-state index contributed by atoms with van der Waals surface area (Å²) < 4.78 is 5.27. The van der Waals surface area contributed by atoms with Crippen LogP contribution in [0.15, 0.2) is 0 Å². The third-order valence-electron chi connectivity index (χ3n) is 2.84. The van der Waals surface area contributed by atoms with Gasteiger partial charge in [-0.2, -0.15) is 0 Å². The molecule has 1 fully saturated rings. The van der Waals surface area contributed by atoms with Crippen molar-refractivity contribution in [3.8, 4) is 0 Å². The Kier molecular flexibility index (Phi) is 4.36. The number of carbonyl (C=O) groups excluding carboxylic acids is 1. The van der Waals surface area contributed by atoms with Gasteiger partial charge in [0.1, 0.15) is 5.60 Å². The molecule has 5 heteroatoms. The number of thiocarbonyl (C=S) groups is 1. The second kappa shape index (κ2) is 5.21. The summed E-state index contributed by atoms with van der Waals surface area (Å²) in [6, 6.07) is 0. The quantitative estimate of drug-likeness (QED) is 0.763. The van der Waals surface area contributed by atoms with Crippen LogP contribution in [-0.4, -0.2) is 22.2 Å². The average molecular weight is 258 g/mol. The maximum Gasteiger partial charge on any atom is 0.408 e. The molecule has 0 bridgehead atoms. The van der Waals surface area contributed by atoms with Crippen molar-refractivity contribution in [2.75, 3.05) is 0 Å². The van der Waals surface area contributed by atoms with E-state index in [0.717, 1.165) is 25.7 Å². The first-order valence-corrected chi connectivity index (χ1v) is 6.43. The van der Waals surface area contributed by atoms with E-state index >= 15 is 0 Å². The smallest absolute Gasteiger partial charge is 0.408 e. The number of alkyl carbamates (subject to hydrolysis) is 1. The van der Waals surface area contributed by atoms with Gasteiger partial charge in [0.15, 0.2) is 0 Å². The molecule has 0 aliphatic heterocycles. The standard InChI is InChI=1S/C12H22N2O2S/c1-11(2,3)16-10(15)14-12(8-9(13)17)6-4-5-7-12/h4-8H2,1-3H3,(H2,13,17)(H,14,15). The molecule has 0 aromatic rings. The molecule has 0 aromatic carbocycles. The summed E-state index contributed by atoms with van der Waals surface area (Å²) in [6.45, 7) is 5.55. The first-order valence-electron chi connectivity index (χ1n) is 6.02. The Morgan fingerprint density at radius 1 is 1.41 bits per heavy atom. The molecule has 1 aliphatic carbocycles. The molecule has 0 atom stereocenters. The number of carbonyl (C=O) groups is 1. The Bertz CT molecular complexity index is 304. The van der Waals surface area contributed by atoms with Crippen LogP contribution < -0.4 is 11.1 Å². The molecule has 0 radical (unpaired) electrons. The van der Waals surface area contributed by atoms with Crippen molar-refractivity contribution in [2.45, 2.75) is 64.0 Å². The van der Waals surface area contributed by atoms with E-state index in [-0.39, 0.29) is 11.6 Å². The Labute approximate surface area is 108 Å². The highest BCUT2D eigenvalue weighted by atomic mass is 32.1. The van der Waals surface area contributed by atoms with E-state index in [1.165, 1.54) is 0 Å².